The normalized spacial score (nSPS) is 15.8. The SMILES string of the molecule is CC(C)N(CC(=O)Nc1ccccc1C(F)(F)F)CC1CCNCC1.Cl. The highest BCUT2D eigenvalue weighted by Gasteiger charge is 2.33. The summed E-state index contributed by atoms with van der Waals surface area (Å²) in [5.41, 5.74) is -1.01. The standard InChI is InChI=1S/C18H26F3N3O.ClH/c1-13(2)24(11-14-7-9-22-10-8-14)12-17(25)23-16-6-4-3-5-15(16)18(19,20)21;/h3-6,13-14,22H,7-12H2,1-2H3,(H,23,25);1H. The molecule has 8 heteroatoms. The molecule has 2 N–H and O–H groups in total. The Morgan fingerprint density at radius 1 is 1.27 bits per heavy atom. The van der Waals surface area contributed by atoms with E-state index in [1.54, 1.807) is 0 Å². The van der Waals surface area contributed by atoms with Gasteiger partial charge in [0.05, 0.1) is 17.8 Å². The van der Waals surface area contributed by atoms with Crippen LogP contribution in [0, 0.1) is 5.92 Å². The maximum atomic E-state index is 13.0. The third kappa shape index (κ3) is 6.78. The van der Waals surface area contributed by atoms with Crippen LogP contribution in [0.25, 0.3) is 0 Å². The lowest BCUT2D eigenvalue weighted by atomic mass is 9.97. The minimum atomic E-state index is -4.49. The predicted octanol–water partition coefficient (Wildman–Crippen LogP) is 3.78. The highest BCUT2D eigenvalue weighted by atomic mass is 35.5. The highest BCUT2D eigenvalue weighted by molar-refractivity contribution is 5.93. The predicted molar refractivity (Wildman–Crippen MR) is 99.6 cm³/mol. The summed E-state index contributed by atoms with van der Waals surface area (Å²) in [5.74, 6) is 0.0956. The first-order valence-corrected chi connectivity index (χ1v) is 8.68. The molecule has 1 aliphatic rings. The molecule has 0 spiro atoms. The minimum Gasteiger partial charge on any atom is -0.324 e. The summed E-state index contributed by atoms with van der Waals surface area (Å²) in [7, 11) is 0. The molecular weight excluding hydrogens is 367 g/mol. The lowest BCUT2D eigenvalue weighted by Gasteiger charge is -2.32. The lowest BCUT2D eigenvalue weighted by molar-refractivity contribution is -0.137. The fourth-order valence-electron chi connectivity index (χ4n) is 3.07. The Hall–Kier alpha value is -1.31. The van der Waals surface area contributed by atoms with Crippen molar-refractivity contribution in [1.82, 2.24) is 10.2 Å². The van der Waals surface area contributed by atoms with E-state index in [0.29, 0.717) is 5.92 Å². The first-order chi connectivity index (χ1) is 11.8. The van der Waals surface area contributed by atoms with Crippen LogP contribution in [0.5, 0.6) is 0 Å². The molecule has 1 fully saturated rings. The molecular formula is C18H27ClF3N3O. The molecule has 0 aliphatic carbocycles. The van der Waals surface area contributed by atoms with Crippen LogP contribution in [0.3, 0.4) is 0 Å². The van der Waals surface area contributed by atoms with Crippen LogP contribution >= 0.6 is 12.4 Å². The van der Waals surface area contributed by atoms with Gasteiger partial charge in [0.1, 0.15) is 0 Å². The Balaban J connectivity index is 0.00000338. The Kier molecular flexibility index (Phi) is 8.86. The van der Waals surface area contributed by atoms with E-state index in [-0.39, 0.29) is 30.7 Å². The second-order valence-electron chi connectivity index (χ2n) is 6.81. The molecule has 4 nitrogen and oxygen atoms in total. The fraction of sp³-hybridized carbons (Fsp3) is 0.611. The molecule has 0 radical (unpaired) electrons. The average molecular weight is 394 g/mol. The molecule has 1 amide bonds. The molecule has 1 heterocycles. The van der Waals surface area contributed by atoms with Gasteiger partial charge in [0.25, 0.3) is 0 Å². The molecule has 1 aromatic rings. The van der Waals surface area contributed by atoms with Crippen molar-refractivity contribution in [2.75, 3.05) is 31.5 Å². The number of anilines is 1. The van der Waals surface area contributed by atoms with Gasteiger partial charge in [-0.25, -0.2) is 0 Å². The lowest BCUT2D eigenvalue weighted by Crippen LogP contribution is -2.43. The van der Waals surface area contributed by atoms with Gasteiger partial charge in [0.2, 0.25) is 5.91 Å². The first kappa shape index (κ1) is 22.7. The number of para-hydroxylation sites is 1. The fourth-order valence-corrected chi connectivity index (χ4v) is 3.07. The number of hydrogen-bond acceptors (Lipinski definition) is 3. The number of halogens is 4. The van der Waals surface area contributed by atoms with Gasteiger partial charge in [-0.3, -0.25) is 9.69 Å². The monoisotopic (exact) mass is 393 g/mol. The van der Waals surface area contributed by atoms with E-state index in [1.807, 2.05) is 18.7 Å². The number of benzene rings is 1. The Morgan fingerprint density at radius 3 is 2.46 bits per heavy atom. The second kappa shape index (κ2) is 10.1. The maximum absolute atomic E-state index is 13.0. The number of carbonyl (C=O) groups excluding carboxylic acids is 1. The molecule has 0 saturated carbocycles. The van der Waals surface area contributed by atoms with Crippen molar-refractivity contribution >= 4 is 24.0 Å². The number of hydrogen-bond donors (Lipinski definition) is 2. The van der Waals surface area contributed by atoms with Gasteiger partial charge < -0.3 is 10.6 Å². The third-order valence-electron chi connectivity index (χ3n) is 4.53. The molecule has 26 heavy (non-hydrogen) atoms. The number of alkyl halides is 3. The van der Waals surface area contributed by atoms with Crippen molar-refractivity contribution < 1.29 is 18.0 Å². The van der Waals surface area contributed by atoms with Crippen LogP contribution in [-0.2, 0) is 11.0 Å². The van der Waals surface area contributed by atoms with Crippen molar-refractivity contribution in [2.45, 2.75) is 38.9 Å². The quantitative estimate of drug-likeness (QED) is 0.773. The molecule has 0 unspecified atom stereocenters. The van der Waals surface area contributed by atoms with Crippen LogP contribution in [0.1, 0.15) is 32.3 Å². The Labute approximate surface area is 158 Å². The summed E-state index contributed by atoms with van der Waals surface area (Å²) >= 11 is 0. The van der Waals surface area contributed by atoms with E-state index in [1.165, 1.54) is 18.2 Å². The van der Waals surface area contributed by atoms with Gasteiger partial charge in [-0.15, -0.1) is 12.4 Å². The van der Waals surface area contributed by atoms with Crippen molar-refractivity contribution in [3.8, 4) is 0 Å². The number of rotatable bonds is 6. The number of nitrogens with zero attached hydrogens (tertiary/aromatic N) is 1. The van der Waals surface area contributed by atoms with Gasteiger partial charge in [-0.05, 0) is 57.8 Å². The maximum Gasteiger partial charge on any atom is 0.418 e. The second-order valence-corrected chi connectivity index (χ2v) is 6.81. The van der Waals surface area contributed by atoms with Crippen LogP contribution in [0.4, 0.5) is 18.9 Å². The smallest absolute Gasteiger partial charge is 0.324 e. The minimum absolute atomic E-state index is 0. The zero-order valence-corrected chi connectivity index (χ0v) is 15.9. The largest absolute Gasteiger partial charge is 0.418 e. The summed E-state index contributed by atoms with van der Waals surface area (Å²) in [6, 6.07) is 5.22. The van der Waals surface area contributed by atoms with Crippen molar-refractivity contribution in [3.63, 3.8) is 0 Å². The number of piperidine rings is 1. The molecule has 1 aliphatic heterocycles. The molecule has 1 saturated heterocycles. The van der Waals surface area contributed by atoms with Crippen molar-refractivity contribution in [1.29, 1.82) is 0 Å². The van der Waals surface area contributed by atoms with Crippen LogP contribution < -0.4 is 10.6 Å². The van der Waals surface area contributed by atoms with Gasteiger partial charge in [-0.1, -0.05) is 12.1 Å². The van der Waals surface area contributed by atoms with Gasteiger partial charge in [-0.2, -0.15) is 13.2 Å². The van der Waals surface area contributed by atoms with E-state index >= 15 is 0 Å². The molecule has 1 aromatic carbocycles. The van der Waals surface area contributed by atoms with Crippen LogP contribution in [0.2, 0.25) is 0 Å². The van der Waals surface area contributed by atoms with Gasteiger partial charge in [0, 0.05) is 12.6 Å². The summed E-state index contributed by atoms with van der Waals surface area (Å²) in [4.78, 5) is 14.3. The molecule has 0 bridgehead atoms. The van der Waals surface area contributed by atoms with Crippen LogP contribution in [-0.4, -0.2) is 43.0 Å². The summed E-state index contributed by atoms with van der Waals surface area (Å²) in [6.45, 7) is 6.82. The van der Waals surface area contributed by atoms with Crippen molar-refractivity contribution in [3.05, 3.63) is 29.8 Å². The average Bonchev–Trinajstić information content (AvgIpc) is 2.54. The molecule has 2 rings (SSSR count). The topological polar surface area (TPSA) is 44.4 Å². The van der Waals surface area contributed by atoms with E-state index in [4.69, 9.17) is 0 Å². The van der Waals surface area contributed by atoms with E-state index in [0.717, 1.165) is 38.5 Å². The number of amides is 1. The zero-order valence-electron chi connectivity index (χ0n) is 15.1. The summed E-state index contributed by atoms with van der Waals surface area (Å²) in [6.07, 6.45) is -2.37. The van der Waals surface area contributed by atoms with Crippen LogP contribution in [0.15, 0.2) is 24.3 Å². The Morgan fingerprint density at radius 2 is 1.88 bits per heavy atom. The van der Waals surface area contributed by atoms with Gasteiger partial charge >= 0.3 is 6.18 Å². The molecule has 0 atom stereocenters. The van der Waals surface area contributed by atoms with Crippen molar-refractivity contribution in [2.24, 2.45) is 5.92 Å². The number of carbonyl (C=O) groups is 1. The third-order valence-corrected chi connectivity index (χ3v) is 4.53. The zero-order chi connectivity index (χ0) is 18.4. The molecule has 148 valence electrons. The summed E-state index contributed by atoms with van der Waals surface area (Å²) in [5, 5.41) is 5.73. The summed E-state index contributed by atoms with van der Waals surface area (Å²) < 4.78 is 39.1. The van der Waals surface area contributed by atoms with E-state index in [2.05, 4.69) is 10.6 Å². The van der Waals surface area contributed by atoms with E-state index < -0.39 is 17.6 Å². The number of nitrogens with one attached hydrogen (secondary N) is 2. The first-order valence-electron chi connectivity index (χ1n) is 8.68. The van der Waals surface area contributed by atoms with Gasteiger partial charge in [0.15, 0.2) is 0 Å². The Bertz CT molecular complexity index is 575. The molecule has 0 aromatic heterocycles. The highest BCUT2D eigenvalue weighted by Crippen LogP contribution is 2.34. The van der Waals surface area contributed by atoms with E-state index in [9.17, 15) is 18.0 Å².